The summed E-state index contributed by atoms with van der Waals surface area (Å²) < 4.78 is 0. The van der Waals surface area contributed by atoms with Gasteiger partial charge in [0.1, 0.15) is 0 Å². The molecule has 122 valence electrons. The van der Waals surface area contributed by atoms with Crippen LogP contribution in [0.4, 0.5) is 0 Å². The van der Waals surface area contributed by atoms with Gasteiger partial charge >= 0.3 is 5.97 Å². The zero-order valence-electron chi connectivity index (χ0n) is 13.9. The second kappa shape index (κ2) is 5.92. The smallest absolute Gasteiger partial charge is 0.328 e. The summed E-state index contributed by atoms with van der Waals surface area (Å²) in [5.74, 6) is -0.991. The molecule has 0 spiro atoms. The van der Waals surface area contributed by atoms with Crippen molar-refractivity contribution in [1.82, 2.24) is 15.0 Å². The highest BCUT2D eigenvalue weighted by molar-refractivity contribution is 5.88. The van der Waals surface area contributed by atoms with E-state index >= 15 is 0 Å². The van der Waals surface area contributed by atoms with Gasteiger partial charge < -0.3 is 10.1 Å². The normalized spacial score (nSPS) is 12.1. The van der Waals surface area contributed by atoms with Crippen molar-refractivity contribution in [3.63, 3.8) is 0 Å². The fourth-order valence-electron chi connectivity index (χ4n) is 2.48. The molecule has 3 heterocycles. The highest BCUT2D eigenvalue weighted by Crippen LogP contribution is 2.27. The van der Waals surface area contributed by atoms with Crippen molar-refractivity contribution in [2.75, 3.05) is 0 Å². The number of carbonyl (C=O) groups is 1. The Morgan fingerprint density at radius 2 is 2.00 bits per heavy atom. The fraction of sp³-hybridized carbons (Fsp3) is 0.211. The minimum Gasteiger partial charge on any atom is -0.478 e. The maximum atomic E-state index is 10.6. The van der Waals surface area contributed by atoms with E-state index < -0.39 is 5.97 Å². The van der Waals surface area contributed by atoms with E-state index in [1.54, 1.807) is 6.20 Å². The molecule has 0 unspecified atom stereocenters. The van der Waals surface area contributed by atoms with Crippen LogP contribution in [0.1, 0.15) is 32.0 Å². The van der Waals surface area contributed by atoms with Crippen LogP contribution in [0.2, 0.25) is 0 Å². The summed E-state index contributed by atoms with van der Waals surface area (Å²) in [6.45, 7) is 6.51. The van der Waals surface area contributed by atoms with Crippen LogP contribution in [0.3, 0.4) is 0 Å². The predicted octanol–water partition coefficient (Wildman–Crippen LogP) is 4.02. The number of aromatic amines is 1. The lowest BCUT2D eigenvalue weighted by atomic mass is 9.87. The van der Waals surface area contributed by atoms with Gasteiger partial charge in [0.25, 0.3) is 0 Å². The van der Waals surface area contributed by atoms with Crippen molar-refractivity contribution in [2.24, 2.45) is 0 Å². The molecule has 0 fully saturated rings. The number of aromatic nitrogens is 3. The quantitative estimate of drug-likeness (QED) is 0.714. The maximum absolute atomic E-state index is 10.6. The van der Waals surface area contributed by atoms with Crippen LogP contribution in [0.25, 0.3) is 28.4 Å². The zero-order chi connectivity index (χ0) is 17.3. The third-order valence-corrected chi connectivity index (χ3v) is 3.82. The first-order valence-corrected chi connectivity index (χ1v) is 7.69. The van der Waals surface area contributed by atoms with Gasteiger partial charge in [-0.1, -0.05) is 20.8 Å². The summed E-state index contributed by atoms with van der Waals surface area (Å²) >= 11 is 0. The van der Waals surface area contributed by atoms with Crippen LogP contribution in [0, 0.1) is 0 Å². The van der Waals surface area contributed by atoms with E-state index in [2.05, 4.69) is 41.8 Å². The molecule has 0 bridgehead atoms. The maximum Gasteiger partial charge on any atom is 0.328 e. The molecule has 0 aliphatic carbocycles. The Kier molecular flexibility index (Phi) is 3.93. The number of carboxylic acids is 1. The second-order valence-corrected chi connectivity index (χ2v) is 6.73. The molecular formula is C19H19N3O2. The molecule has 0 aromatic carbocycles. The summed E-state index contributed by atoms with van der Waals surface area (Å²) in [5, 5.41) is 9.67. The molecule has 24 heavy (non-hydrogen) atoms. The Morgan fingerprint density at radius 3 is 2.71 bits per heavy atom. The van der Waals surface area contributed by atoms with Crippen LogP contribution in [-0.4, -0.2) is 26.0 Å². The average molecular weight is 321 g/mol. The number of pyridine rings is 2. The van der Waals surface area contributed by atoms with Gasteiger partial charge in [0.15, 0.2) is 0 Å². The molecule has 3 aromatic heterocycles. The number of hydrogen-bond acceptors (Lipinski definition) is 3. The monoisotopic (exact) mass is 321 g/mol. The number of rotatable bonds is 3. The molecule has 0 radical (unpaired) electrons. The minimum atomic E-state index is -0.991. The Balaban J connectivity index is 2.01. The van der Waals surface area contributed by atoms with Gasteiger partial charge in [-0.05, 0) is 41.3 Å². The summed E-state index contributed by atoms with van der Waals surface area (Å²) in [7, 11) is 0. The van der Waals surface area contributed by atoms with Crippen molar-refractivity contribution >= 4 is 22.9 Å². The Bertz CT molecular complexity index is 933. The van der Waals surface area contributed by atoms with Crippen LogP contribution < -0.4 is 0 Å². The third-order valence-electron chi connectivity index (χ3n) is 3.82. The molecular weight excluding hydrogens is 302 g/mol. The van der Waals surface area contributed by atoms with Gasteiger partial charge in [0, 0.05) is 17.7 Å². The van der Waals surface area contributed by atoms with E-state index in [1.807, 2.05) is 24.4 Å². The molecule has 2 N–H and O–H groups in total. The van der Waals surface area contributed by atoms with Gasteiger partial charge in [0.05, 0.1) is 28.8 Å². The summed E-state index contributed by atoms with van der Waals surface area (Å²) in [6, 6.07) is 7.97. The summed E-state index contributed by atoms with van der Waals surface area (Å²) in [6.07, 6.45) is 6.08. The molecule has 0 aliphatic rings. The molecule has 0 saturated heterocycles. The van der Waals surface area contributed by atoms with E-state index in [4.69, 9.17) is 5.11 Å². The first-order chi connectivity index (χ1) is 11.3. The van der Waals surface area contributed by atoms with Gasteiger partial charge in [0.2, 0.25) is 0 Å². The third kappa shape index (κ3) is 3.35. The van der Waals surface area contributed by atoms with Crippen molar-refractivity contribution in [3.05, 3.63) is 54.0 Å². The molecule has 3 rings (SSSR count). The topological polar surface area (TPSA) is 78.9 Å². The first kappa shape index (κ1) is 15.9. The number of nitrogens with one attached hydrogen (secondary N) is 1. The standard InChI is InChI=1S/C19H19N3O2/c1-19(2,3)13-6-7-20-15(10-13)16-9-12-8-14(4-5-18(23)24)21-11-17(12)22-16/h4-11,22H,1-3H3,(H,23,24)/b5-4+. The highest BCUT2D eigenvalue weighted by Gasteiger charge is 2.15. The van der Waals surface area contributed by atoms with E-state index in [9.17, 15) is 4.79 Å². The lowest BCUT2D eigenvalue weighted by Gasteiger charge is -2.19. The van der Waals surface area contributed by atoms with Gasteiger partial charge in [-0.3, -0.25) is 9.97 Å². The van der Waals surface area contributed by atoms with Crippen LogP contribution >= 0.6 is 0 Å². The Labute approximate surface area is 140 Å². The fourth-order valence-corrected chi connectivity index (χ4v) is 2.48. The van der Waals surface area contributed by atoms with Crippen molar-refractivity contribution in [3.8, 4) is 11.4 Å². The molecule has 5 nitrogen and oxygen atoms in total. The molecule has 0 saturated carbocycles. The Hall–Kier alpha value is -2.95. The number of carboxylic acid groups (broad SMARTS) is 1. The van der Waals surface area contributed by atoms with E-state index in [0.717, 1.165) is 28.4 Å². The largest absolute Gasteiger partial charge is 0.478 e. The summed E-state index contributed by atoms with van der Waals surface area (Å²) in [5.41, 5.74) is 4.56. The van der Waals surface area contributed by atoms with Gasteiger partial charge in [-0.2, -0.15) is 0 Å². The minimum absolute atomic E-state index is 0.0556. The van der Waals surface area contributed by atoms with Crippen LogP contribution in [0.5, 0.6) is 0 Å². The second-order valence-electron chi connectivity index (χ2n) is 6.73. The van der Waals surface area contributed by atoms with E-state index in [0.29, 0.717) is 5.69 Å². The number of hydrogen-bond donors (Lipinski definition) is 2. The lowest BCUT2D eigenvalue weighted by molar-refractivity contribution is -0.131. The average Bonchev–Trinajstić information content (AvgIpc) is 2.95. The van der Waals surface area contributed by atoms with Crippen molar-refractivity contribution in [1.29, 1.82) is 0 Å². The van der Waals surface area contributed by atoms with Crippen molar-refractivity contribution in [2.45, 2.75) is 26.2 Å². The summed E-state index contributed by atoms with van der Waals surface area (Å²) in [4.78, 5) is 22.6. The van der Waals surface area contributed by atoms with E-state index in [-0.39, 0.29) is 5.41 Å². The van der Waals surface area contributed by atoms with Crippen LogP contribution in [-0.2, 0) is 10.2 Å². The molecule has 0 amide bonds. The zero-order valence-corrected chi connectivity index (χ0v) is 13.9. The number of H-pyrrole nitrogens is 1. The first-order valence-electron chi connectivity index (χ1n) is 7.69. The Morgan fingerprint density at radius 1 is 1.21 bits per heavy atom. The van der Waals surface area contributed by atoms with Gasteiger partial charge in [-0.25, -0.2) is 4.79 Å². The number of fused-ring (bicyclic) bond motifs is 1. The van der Waals surface area contributed by atoms with E-state index in [1.165, 1.54) is 11.6 Å². The number of nitrogens with zero attached hydrogens (tertiary/aromatic N) is 2. The number of aliphatic carboxylic acids is 1. The molecule has 3 aromatic rings. The lowest BCUT2D eigenvalue weighted by Crippen LogP contribution is -2.11. The molecule has 0 atom stereocenters. The van der Waals surface area contributed by atoms with Gasteiger partial charge in [-0.15, -0.1) is 0 Å². The predicted molar refractivity (Wildman–Crippen MR) is 94.7 cm³/mol. The highest BCUT2D eigenvalue weighted by atomic mass is 16.4. The molecule has 5 heteroatoms. The SMILES string of the molecule is CC(C)(C)c1ccnc(-c2cc3cc(/C=C/C(=O)O)ncc3[nH]2)c1. The van der Waals surface area contributed by atoms with Crippen LogP contribution in [0.15, 0.2) is 42.7 Å². The van der Waals surface area contributed by atoms with Crippen molar-refractivity contribution < 1.29 is 9.90 Å². The molecule has 0 aliphatic heterocycles.